The van der Waals surface area contributed by atoms with Crippen molar-refractivity contribution in [2.24, 2.45) is 5.92 Å². The van der Waals surface area contributed by atoms with E-state index in [0.29, 0.717) is 18.9 Å². The Bertz CT molecular complexity index is 384. The Morgan fingerprint density at radius 3 is 2.71 bits per heavy atom. The second-order valence-electron chi connectivity index (χ2n) is 6.31. The van der Waals surface area contributed by atoms with Crippen LogP contribution < -0.4 is 0 Å². The Morgan fingerprint density at radius 1 is 1.33 bits per heavy atom. The van der Waals surface area contributed by atoms with Crippen LogP contribution in [0.5, 0.6) is 0 Å². The highest BCUT2D eigenvalue weighted by atomic mass is 16.5. The number of aliphatic carboxylic acids is 1. The lowest BCUT2D eigenvalue weighted by Crippen LogP contribution is -2.50. The second-order valence-corrected chi connectivity index (χ2v) is 6.31. The van der Waals surface area contributed by atoms with Gasteiger partial charge in [-0.05, 0) is 38.5 Å². The molecule has 2 aliphatic rings. The third-order valence-corrected chi connectivity index (χ3v) is 4.84. The number of likely N-dealkylation sites (tertiary alicyclic amines) is 1. The van der Waals surface area contributed by atoms with E-state index in [1.54, 1.807) is 11.8 Å². The second kappa shape index (κ2) is 7.25. The van der Waals surface area contributed by atoms with Gasteiger partial charge in [0.2, 0.25) is 0 Å². The molecular weight excluding hydrogens is 270 g/mol. The van der Waals surface area contributed by atoms with Crippen molar-refractivity contribution in [3.8, 4) is 0 Å². The zero-order valence-electron chi connectivity index (χ0n) is 13.1. The van der Waals surface area contributed by atoms with Gasteiger partial charge < -0.3 is 14.7 Å². The summed E-state index contributed by atoms with van der Waals surface area (Å²) < 4.78 is 5.58. The molecule has 0 spiro atoms. The molecule has 120 valence electrons. The van der Waals surface area contributed by atoms with Crippen molar-refractivity contribution in [1.29, 1.82) is 0 Å². The van der Waals surface area contributed by atoms with Gasteiger partial charge in [0.05, 0.1) is 0 Å². The lowest BCUT2D eigenvalue weighted by molar-refractivity contribution is -0.155. The summed E-state index contributed by atoms with van der Waals surface area (Å²) in [6, 6.07) is -0.563. The third-order valence-electron chi connectivity index (χ3n) is 4.84. The largest absolute Gasteiger partial charge is 0.480 e. The molecule has 0 aromatic rings. The molecule has 5 heteroatoms. The smallest absolute Gasteiger partial charge is 0.326 e. The van der Waals surface area contributed by atoms with Crippen molar-refractivity contribution in [3.05, 3.63) is 0 Å². The molecule has 0 aromatic heterocycles. The number of hydrogen-bond donors (Lipinski definition) is 1. The van der Waals surface area contributed by atoms with Crippen molar-refractivity contribution >= 4 is 11.9 Å². The lowest BCUT2D eigenvalue weighted by atomic mass is 9.84. The van der Waals surface area contributed by atoms with E-state index in [1.165, 1.54) is 0 Å². The zero-order valence-corrected chi connectivity index (χ0v) is 13.1. The fraction of sp³-hybridized carbons (Fsp3) is 0.875. The maximum Gasteiger partial charge on any atom is 0.326 e. The minimum absolute atomic E-state index is 0.101. The zero-order chi connectivity index (χ0) is 15.4. The number of amides is 1. The summed E-state index contributed by atoms with van der Waals surface area (Å²) >= 11 is 0. The number of hydrogen-bond acceptors (Lipinski definition) is 3. The molecule has 2 fully saturated rings. The molecule has 4 unspecified atom stereocenters. The molecule has 0 bridgehead atoms. The molecule has 1 N–H and O–H groups in total. The summed E-state index contributed by atoms with van der Waals surface area (Å²) in [6.07, 6.45) is 6.22. The van der Waals surface area contributed by atoms with Crippen LogP contribution in [-0.4, -0.2) is 46.7 Å². The summed E-state index contributed by atoms with van der Waals surface area (Å²) in [5, 5.41) is 9.44. The van der Waals surface area contributed by atoms with Gasteiger partial charge in [-0.2, -0.15) is 0 Å². The first kappa shape index (κ1) is 16.3. The molecule has 1 saturated carbocycles. The van der Waals surface area contributed by atoms with Crippen LogP contribution >= 0.6 is 0 Å². The third kappa shape index (κ3) is 3.57. The van der Waals surface area contributed by atoms with Crippen LogP contribution in [0.25, 0.3) is 0 Å². The SMILES string of the molecule is CCCCOC(C)C(=O)N1C(C(=O)O)CC2CCCCC21. The highest BCUT2D eigenvalue weighted by Gasteiger charge is 2.48. The fourth-order valence-corrected chi connectivity index (χ4v) is 3.68. The van der Waals surface area contributed by atoms with Gasteiger partial charge in [-0.3, -0.25) is 4.79 Å². The maximum absolute atomic E-state index is 12.6. The summed E-state index contributed by atoms with van der Waals surface area (Å²) in [5.74, 6) is -0.668. The van der Waals surface area contributed by atoms with Crippen molar-refractivity contribution in [2.75, 3.05) is 6.61 Å². The minimum atomic E-state index is -0.876. The Kier molecular flexibility index (Phi) is 5.62. The number of fused-ring (bicyclic) bond motifs is 1. The molecule has 0 aromatic carbocycles. The number of carboxylic acid groups (broad SMARTS) is 1. The Morgan fingerprint density at radius 2 is 2.05 bits per heavy atom. The van der Waals surface area contributed by atoms with Gasteiger partial charge >= 0.3 is 5.97 Å². The first-order valence-electron chi connectivity index (χ1n) is 8.22. The number of unbranched alkanes of at least 4 members (excludes halogenated alkanes) is 1. The van der Waals surface area contributed by atoms with Gasteiger partial charge in [-0.25, -0.2) is 4.79 Å². The van der Waals surface area contributed by atoms with E-state index >= 15 is 0 Å². The average molecular weight is 297 g/mol. The normalized spacial score (nSPS) is 30.0. The predicted octanol–water partition coefficient (Wildman–Crippen LogP) is 2.44. The minimum Gasteiger partial charge on any atom is -0.480 e. The first-order valence-corrected chi connectivity index (χ1v) is 8.22. The van der Waals surface area contributed by atoms with Gasteiger partial charge in [0, 0.05) is 12.6 Å². The van der Waals surface area contributed by atoms with Gasteiger partial charge in [-0.15, -0.1) is 0 Å². The van der Waals surface area contributed by atoms with E-state index in [2.05, 4.69) is 6.92 Å². The number of carboxylic acids is 1. The van der Waals surface area contributed by atoms with E-state index < -0.39 is 18.1 Å². The Balaban J connectivity index is 2.05. The highest BCUT2D eigenvalue weighted by Crippen LogP contribution is 2.40. The molecule has 5 nitrogen and oxygen atoms in total. The van der Waals surface area contributed by atoms with Crippen molar-refractivity contribution in [1.82, 2.24) is 4.90 Å². The molecule has 21 heavy (non-hydrogen) atoms. The number of rotatable bonds is 6. The number of ether oxygens (including phenoxy) is 1. The van der Waals surface area contributed by atoms with E-state index in [0.717, 1.165) is 38.5 Å². The molecule has 1 aliphatic carbocycles. The number of nitrogens with zero attached hydrogens (tertiary/aromatic N) is 1. The lowest BCUT2D eigenvalue weighted by Gasteiger charge is -2.34. The van der Waals surface area contributed by atoms with Crippen molar-refractivity contribution < 1.29 is 19.4 Å². The summed E-state index contributed by atoms with van der Waals surface area (Å²) in [5.41, 5.74) is 0. The quantitative estimate of drug-likeness (QED) is 0.765. The van der Waals surface area contributed by atoms with Crippen LogP contribution in [0, 0.1) is 5.92 Å². The predicted molar refractivity (Wildman–Crippen MR) is 79.0 cm³/mol. The van der Waals surface area contributed by atoms with Gasteiger partial charge in [0.1, 0.15) is 12.1 Å². The molecule has 1 aliphatic heterocycles. The summed E-state index contributed by atoms with van der Waals surface area (Å²) in [4.78, 5) is 25.8. The summed E-state index contributed by atoms with van der Waals surface area (Å²) in [7, 11) is 0. The van der Waals surface area contributed by atoms with Crippen molar-refractivity contribution in [2.45, 2.75) is 77.0 Å². The van der Waals surface area contributed by atoms with Crippen LogP contribution in [0.4, 0.5) is 0 Å². The van der Waals surface area contributed by atoms with E-state index in [4.69, 9.17) is 4.74 Å². The number of carbonyl (C=O) groups is 2. The van der Waals surface area contributed by atoms with Crippen molar-refractivity contribution in [3.63, 3.8) is 0 Å². The monoisotopic (exact) mass is 297 g/mol. The molecule has 4 atom stereocenters. The van der Waals surface area contributed by atoms with Gasteiger partial charge in [0.25, 0.3) is 5.91 Å². The van der Waals surface area contributed by atoms with E-state index in [1.807, 2.05) is 0 Å². The molecule has 1 saturated heterocycles. The van der Waals surface area contributed by atoms with E-state index in [9.17, 15) is 14.7 Å². The molecule has 0 radical (unpaired) electrons. The molecular formula is C16H27NO4. The van der Waals surface area contributed by atoms with Crippen LogP contribution in [0.2, 0.25) is 0 Å². The maximum atomic E-state index is 12.6. The Hall–Kier alpha value is -1.10. The highest BCUT2D eigenvalue weighted by molar-refractivity contribution is 5.87. The van der Waals surface area contributed by atoms with Crippen LogP contribution in [0.3, 0.4) is 0 Å². The Labute approximate surface area is 126 Å². The summed E-state index contributed by atoms with van der Waals surface area (Å²) in [6.45, 7) is 4.37. The fourth-order valence-electron chi connectivity index (χ4n) is 3.68. The molecule has 1 heterocycles. The average Bonchev–Trinajstić information content (AvgIpc) is 2.86. The van der Waals surface area contributed by atoms with Crippen LogP contribution in [0.15, 0.2) is 0 Å². The topological polar surface area (TPSA) is 66.8 Å². The first-order chi connectivity index (χ1) is 10.1. The standard InChI is InChI=1S/C16H27NO4/c1-3-4-9-21-11(2)15(18)17-13-8-6-5-7-12(13)10-14(17)16(19)20/h11-14H,3-10H2,1-2H3,(H,19,20). The molecule has 1 amide bonds. The van der Waals surface area contributed by atoms with E-state index in [-0.39, 0.29) is 11.9 Å². The number of carbonyl (C=O) groups excluding carboxylic acids is 1. The van der Waals surface area contributed by atoms with Crippen LogP contribution in [0.1, 0.15) is 58.8 Å². The van der Waals surface area contributed by atoms with Gasteiger partial charge in [-0.1, -0.05) is 26.2 Å². The van der Waals surface area contributed by atoms with Crippen LogP contribution in [-0.2, 0) is 14.3 Å². The molecule has 2 rings (SSSR count). The van der Waals surface area contributed by atoms with Gasteiger partial charge in [0.15, 0.2) is 0 Å².